The number of aliphatic carboxylic acids is 1. The summed E-state index contributed by atoms with van der Waals surface area (Å²) in [6.07, 6.45) is -1.77. The number of carbonyl (C=O) groups is 2. The van der Waals surface area contributed by atoms with Crippen LogP contribution in [0.2, 0.25) is 0 Å². The molecule has 10 heteroatoms. The molecule has 0 fully saturated rings. The Labute approximate surface area is 129 Å². The van der Waals surface area contributed by atoms with E-state index in [9.17, 15) is 22.8 Å². The number of carboxylic acids is 1. The Morgan fingerprint density at radius 2 is 2.04 bits per heavy atom. The molecule has 0 unspecified atom stereocenters. The molecular weight excluding hydrogens is 319 g/mol. The zero-order chi connectivity index (χ0) is 17.3. The lowest BCUT2D eigenvalue weighted by atomic mass is 10.2. The molecule has 3 N–H and O–H groups in total. The Hall–Kier alpha value is -2.52. The van der Waals surface area contributed by atoms with Gasteiger partial charge in [-0.3, -0.25) is 9.78 Å². The predicted octanol–water partition coefficient (Wildman–Crippen LogP) is 1.69. The van der Waals surface area contributed by atoms with E-state index < -0.39 is 24.8 Å². The Kier molecular flexibility index (Phi) is 7.10. The van der Waals surface area contributed by atoms with E-state index >= 15 is 0 Å². The second-order valence-electron chi connectivity index (χ2n) is 4.49. The van der Waals surface area contributed by atoms with Gasteiger partial charge in [-0.2, -0.15) is 13.2 Å². The molecular formula is C13H16F3N3O4. The van der Waals surface area contributed by atoms with Crippen molar-refractivity contribution in [1.82, 2.24) is 15.6 Å². The van der Waals surface area contributed by atoms with Gasteiger partial charge in [0.15, 0.2) is 6.61 Å². The summed E-state index contributed by atoms with van der Waals surface area (Å²) in [6.45, 7) is -1.33. The number of rotatable bonds is 8. The summed E-state index contributed by atoms with van der Waals surface area (Å²) >= 11 is 0. The second kappa shape index (κ2) is 8.81. The standard InChI is InChI=1S/C13H16F3N3O4/c14-13(15,16)8-23-10-7-17-5-3-9(10)6-19-12(22)18-4-1-2-11(20)21/h3,5,7H,1-2,4,6,8H2,(H,20,21)(H2,18,19,22). The van der Waals surface area contributed by atoms with Crippen molar-refractivity contribution >= 4 is 12.0 Å². The average molecular weight is 335 g/mol. The van der Waals surface area contributed by atoms with Gasteiger partial charge in [-0.1, -0.05) is 0 Å². The highest BCUT2D eigenvalue weighted by Crippen LogP contribution is 2.21. The molecule has 0 bridgehead atoms. The van der Waals surface area contributed by atoms with Crippen LogP contribution in [0.1, 0.15) is 18.4 Å². The Morgan fingerprint density at radius 1 is 1.30 bits per heavy atom. The van der Waals surface area contributed by atoms with E-state index in [2.05, 4.69) is 20.4 Å². The number of hydrogen-bond donors (Lipinski definition) is 3. The molecule has 1 aromatic rings. The van der Waals surface area contributed by atoms with Crippen LogP contribution in [0.15, 0.2) is 18.5 Å². The molecule has 0 aliphatic rings. The molecule has 0 spiro atoms. The number of amides is 2. The van der Waals surface area contributed by atoms with Gasteiger partial charge in [0.25, 0.3) is 0 Å². The van der Waals surface area contributed by atoms with Gasteiger partial charge < -0.3 is 20.5 Å². The first-order valence-electron chi connectivity index (χ1n) is 6.64. The number of halogens is 3. The normalized spacial score (nSPS) is 10.9. The van der Waals surface area contributed by atoms with Gasteiger partial charge in [0, 0.05) is 31.3 Å². The summed E-state index contributed by atoms with van der Waals surface area (Å²) in [5.74, 6) is -1.04. The molecule has 0 aromatic carbocycles. The fourth-order valence-corrected chi connectivity index (χ4v) is 1.52. The average Bonchev–Trinajstić information content (AvgIpc) is 2.47. The topological polar surface area (TPSA) is 101 Å². The Balaban J connectivity index is 2.42. The fourth-order valence-electron chi connectivity index (χ4n) is 1.52. The number of aromatic nitrogens is 1. The van der Waals surface area contributed by atoms with E-state index in [0.717, 1.165) is 6.20 Å². The maximum Gasteiger partial charge on any atom is 0.422 e. The summed E-state index contributed by atoms with van der Waals surface area (Å²) in [5, 5.41) is 13.3. The molecule has 1 aromatic heterocycles. The number of pyridine rings is 1. The van der Waals surface area contributed by atoms with Crippen LogP contribution < -0.4 is 15.4 Å². The minimum atomic E-state index is -4.47. The van der Waals surface area contributed by atoms with Gasteiger partial charge in [0.1, 0.15) is 5.75 Å². The van der Waals surface area contributed by atoms with Crippen molar-refractivity contribution < 1.29 is 32.6 Å². The third-order valence-electron chi connectivity index (χ3n) is 2.55. The molecule has 0 aliphatic carbocycles. The van der Waals surface area contributed by atoms with E-state index in [4.69, 9.17) is 5.11 Å². The van der Waals surface area contributed by atoms with Crippen LogP contribution in [-0.2, 0) is 11.3 Å². The molecule has 7 nitrogen and oxygen atoms in total. The van der Waals surface area contributed by atoms with Crippen LogP contribution in [0.5, 0.6) is 5.75 Å². The van der Waals surface area contributed by atoms with E-state index in [-0.39, 0.29) is 31.7 Å². The van der Waals surface area contributed by atoms with Crippen LogP contribution in [0.3, 0.4) is 0 Å². The summed E-state index contributed by atoms with van der Waals surface area (Å²) in [5.41, 5.74) is 0.338. The van der Waals surface area contributed by atoms with Crippen molar-refractivity contribution in [3.63, 3.8) is 0 Å². The Morgan fingerprint density at radius 3 is 2.70 bits per heavy atom. The lowest BCUT2D eigenvalue weighted by Gasteiger charge is -2.13. The predicted molar refractivity (Wildman–Crippen MR) is 72.9 cm³/mol. The van der Waals surface area contributed by atoms with Gasteiger partial charge >= 0.3 is 18.2 Å². The molecule has 0 radical (unpaired) electrons. The molecule has 0 saturated carbocycles. The highest BCUT2D eigenvalue weighted by Gasteiger charge is 2.28. The number of carboxylic acid groups (broad SMARTS) is 1. The van der Waals surface area contributed by atoms with E-state index in [1.165, 1.54) is 12.3 Å². The first kappa shape index (κ1) is 18.5. The molecule has 0 atom stereocenters. The van der Waals surface area contributed by atoms with Gasteiger partial charge in [0.2, 0.25) is 0 Å². The maximum atomic E-state index is 12.1. The monoisotopic (exact) mass is 335 g/mol. The van der Waals surface area contributed by atoms with Gasteiger partial charge in [-0.05, 0) is 12.5 Å². The number of nitrogens with one attached hydrogen (secondary N) is 2. The van der Waals surface area contributed by atoms with Gasteiger partial charge in [0.05, 0.1) is 6.20 Å². The minimum absolute atomic E-state index is 0.0551. The largest absolute Gasteiger partial charge is 0.482 e. The quantitative estimate of drug-likeness (QED) is 0.628. The van der Waals surface area contributed by atoms with Crippen molar-refractivity contribution in [1.29, 1.82) is 0 Å². The first-order valence-corrected chi connectivity index (χ1v) is 6.64. The summed E-state index contributed by atoms with van der Waals surface area (Å²) < 4.78 is 41.1. The van der Waals surface area contributed by atoms with Gasteiger partial charge in [-0.15, -0.1) is 0 Å². The van der Waals surface area contributed by atoms with E-state index in [1.807, 2.05) is 0 Å². The fraction of sp³-hybridized carbons (Fsp3) is 0.462. The van der Waals surface area contributed by atoms with Crippen LogP contribution in [-0.4, -0.2) is 41.4 Å². The number of alkyl halides is 3. The van der Waals surface area contributed by atoms with Crippen molar-refractivity contribution in [3.8, 4) is 5.75 Å². The number of urea groups is 1. The van der Waals surface area contributed by atoms with Crippen molar-refractivity contribution in [2.24, 2.45) is 0 Å². The minimum Gasteiger partial charge on any atom is -0.482 e. The van der Waals surface area contributed by atoms with Crippen LogP contribution in [0.25, 0.3) is 0 Å². The van der Waals surface area contributed by atoms with Crippen molar-refractivity contribution in [2.75, 3.05) is 13.2 Å². The van der Waals surface area contributed by atoms with Crippen LogP contribution >= 0.6 is 0 Å². The van der Waals surface area contributed by atoms with E-state index in [0.29, 0.717) is 5.56 Å². The number of hydrogen-bond acceptors (Lipinski definition) is 4. The lowest BCUT2D eigenvalue weighted by Crippen LogP contribution is -2.35. The number of carbonyl (C=O) groups excluding carboxylic acids is 1. The van der Waals surface area contributed by atoms with Crippen LogP contribution in [0.4, 0.5) is 18.0 Å². The molecule has 0 saturated heterocycles. The van der Waals surface area contributed by atoms with Gasteiger partial charge in [-0.25, -0.2) is 4.79 Å². The second-order valence-corrected chi connectivity index (χ2v) is 4.49. The number of ether oxygens (including phenoxy) is 1. The molecule has 23 heavy (non-hydrogen) atoms. The summed E-state index contributed by atoms with van der Waals surface area (Å²) in [4.78, 5) is 25.5. The zero-order valence-electron chi connectivity index (χ0n) is 12.0. The lowest BCUT2D eigenvalue weighted by molar-refractivity contribution is -0.153. The molecule has 1 heterocycles. The van der Waals surface area contributed by atoms with Crippen molar-refractivity contribution in [2.45, 2.75) is 25.6 Å². The molecule has 1 rings (SSSR count). The summed E-state index contributed by atoms with van der Waals surface area (Å²) in [7, 11) is 0. The first-order chi connectivity index (χ1) is 10.8. The summed E-state index contributed by atoms with van der Waals surface area (Å²) in [6, 6.07) is 0.866. The zero-order valence-corrected chi connectivity index (χ0v) is 12.0. The maximum absolute atomic E-state index is 12.1. The number of nitrogens with zero attached hydrogens (tertiary/aromatic N) is 1. The Bertz CT molecular complexity index is 537. The molecule has 0 aliphatic heterocycles. The SMILES string of the molecule is O=C(O)CCCNC(=O)NCc1ccncc1OCC(F)(F)F. The highest BCUT2D eigenvalue weighted by molar-refractivity contribution is 5.74. The molecule has 128 valence electrons. The highest BCUT2D eigenvalue weighted by atomic mass is 19.4. The van der Waals surface area contributed by atoms with Crippen molar-refractivity contribution in [3.05, 3.63) is 24.0 Å². The third kappa shape index (κ3) is 8.49. The molecule has 2 amide bonds. The van der Waals surface area contributed by atoms with E-state index in [1.54, 1.807) is 0 Å². The van der Waals surface area contributed by atoms with Crippen LogP contribution in [0, 0.1) is 0 Å². The third-order valence-corrected chi connectivity index (χ3v) is 2.55. The smallest absolute Gasteiger partial charge is 0.422 e.